The van der Waals surface area contributed by atoms with Crippen LogP contribution in [0.15, 0.2) is 36.5 Å². The Morgan fingerprint density at radius 1 is 0.348 bits per heavy atom. The lowest BCUT2D eigenvalue weighted by Gasteiger charge is -2.34. The van der Waals surface area contributed by atoms with Crippen molar-refractivity contribution in [2.24, 2.45) is 5.41 Å². The Hall–Kier alpha value is -1.59. The average Bonchev–Trinajstić information content (AvgIpc) is 3.32. The van der Waals surface area contributed by atoms with Gasteiger partial charge in [0.15, 0.2) is 0 Å². The van der Waals surface area contributed by atoms with Gasteiger partial charge >= 0.3 is 11.9 Å². The molecule has 69 heavy (non-hydrogen) atoms. The fourth-order valence-corrected chi connectivity index (χ4v) is 9.42. The van der Waals surface area contributed by atoms with Gasteiger partial charge in [0.25, 0.3) is 0 Å². The van der Waals surface area contributed by atoms with E-state index in [4.69, 9.17) is 9.47 Å². The summed E-state index contributed by atoms with van der Waals surface area (Å²) >= 11 is 0. The summed E-state index contributed by atoms with van der Waals surface area (Å²) in [7, 11) is 6.74. The molecule has 0 heterocycles. The number of ether oxygens (including phenoxy) is 2. The minimum Gasteiger partial charge on any atom is -1.00 e. The van der Waals surface area contributed by atoms with E-state index >= 15 is 0 Å². The van der Waals surface area contributed by atoms with Gasteiger partial charge in [0.1, 0.15) is 13.2 Å². The maximum absolute atomic E-state index is 13.2. The standard InChI is InChI=1S/C63H120NO4.ClH/c1-7-10-13-16-19-22-25-28-31-34-37-40-43-46-49-52-56-63(57-53-58-64(4,5)6,59-67-61(65)54-50-47-44-41-38-35-32-29-26-23-20-17-14-11-8-2)60-68-62(66)55-51-48-45-42-39-36-33-30-27-24-21-18-15-12-9-3;/h28-33H,7-27,34-60H2,1-6H3;1H/q+1;/p-1/b31-28?,32-29-,33-30-;. The van der Waals surface area contributed by atoms with E-state index in [0.29, 0.717) is 26.1 Å². The molecule has 0 aliphatic carbocycles. The van der Waals surface area contributed by atoms with Gasteiger partial charge in [0.05, 0.1) is 27.7 Å². The van der Waals surface area contributed by atoms with Crippen molar-refractivity contribution >= 4 is 11.9 Å². The number of quaternary nitrogens is 1. The normalized spacial score (nSPS) is 12.2. The molecule has 0 atom stereocenters. The number of halogens is 1. The summed E-state index contributed by atoms with van der Waals surface area (Å²) in [5, 5.41) is 0. The van der Waals surface area contributed by atoms with Crippen LogP contribution in [-0.4, -0.2) is 57.3 Å². The number of carbonyl (C=O) groups excluding carboxylic acids is 2. The zero-order chi connectivity index (χ0) is 49.8. The molecule has 6 heteroatoms. The van der Waals surface area contributed by atoms with Crippen LogP contribution in [-0.2, 0) is 19.1 Å². The molecular weight excluding hydrogens is 870 g/mol. The smallest absolute Gasteiger partial charge is 0.305 e. The molecule has 0 spiro atoms. The number of nitrogens with zero attached hydrogens (tertiary/aromatic N) is 1. The van der Waals surface area contributed by atoms with Crippen molar-refractivity contribution in [2.45, 2.75) is 310 Å². The van der Waals surface area contributed by atoms with Crippen LogP contribution in [0.4, 0.5) is 0 Å². The van der Waals surface area contributed by atoms with Gasteiger partial charge in [-0.3, -0.25) is 9.59 Å². The fourth-order valence-electron chi connectivity index (χ4n) is 9.42. The molecule has 0 N–H and O–H groups in total. The molecule has 0 amide bonds. The van der Waals surface area contributed by atoms with Crippen molar-refractivity contribution in [1.29, 1.82) is 0 Å². The van der Waals surface area contributed by atoms with Gasteiger partial charge in [-0.15, -0.1) is 0 Å². The lowest BCUT2D eigenvalue weighted by molar-refractivity contribution is -0.870. The quantitative estimate of drug-likeness (QED) is 0.0264. The summed E-state index contributed by atoms with van der Waals surface area (Å²) in [5.74, 6) is -0.168. The van der Waals surface area contributed by atoms with Crippen LogP contribution in [0.5, 0.6) is 0 Å². The van der Waals surface area contributed by atoms with Crippen molar-refractivity contribution in [3.63, 3.8) is 0 Å². The van der Waals surface area contributed by atoms with Gasteiger partial charge in [-0.2, -0.15) is 0 Å². The SMILES string of the molecule is CCCCCCCCC=CCCCCCCCCC(CCC[N+](C)(C)C)(COC(=O)CCCCCCC/C=C\CCCCCCCC)COC(=O)CCCCCCC/C=C\CCCCCCCC.[Cl-]. The molecule has 408 valence electrons. The molecule has 0 radical (unpaired) electrons. The summed E-state index contributed by atoms with van der Waals surface area (Å²) in [4.78, 5) is 26.5. The number of allylic oxidation sites excluding steroid dienone is 6. The Morgan fingerprint density at radius 3 is 0.884 bits per heavy atom. The van der Waals surface area contributed by atoms with Gasteiger partial charge in [-0.1, -0.05) is 224 Å². The minimum atomic E-state index is -0.327. The highest BCUT2D eigenvalue weighted by molar-refractivity contribution is 5.69. The second kappa shape index (κ2) is 54.2. The minimum absolute atomic E-state index is 0. The fraction of sp³-hybridized carbons (Fsp3) is 0.873. The highest BCUT2D eigenvalue weighted by Crippen LogP contribution is 2.33. The van der Waals surface area contributed by atoms with E-state index in [9.17, 15) is 9.59 Å². The molecular formula is C63H120ClNO4. The van der Waals surface area contributed by atoms with E-state index in [2.05, 4.69) is 78.4 Å². The predicted octanol–water partition coefficient (Wildman–Crippen LogP) is 17.1. The number of esters is 2. The predicted molar refractivity (Wildman–Crippen MR) is 299 cm³/mol. The molecule has 0 bridgehead atoms. The van der Waals surface area contributed by atoms with Crippen LogP contribution in [0, 0.1) is 5.41 Å². The third-order valence-electron chi connectivity index (χ3n) is 14.1. The molecule has 5 nitrogen and oxygen atoms in total. The van der Waals surface area contributed by atoms with Crippen molar-refractivity contribution < 1.29 is 36.0 Å². The summed E-state index contributed by atoms with van der Waals surface area (Å²) < 4.78 is 13.2. The Morgan fingerprint density at radius 2 is 0.594 bits per heavy atom. The number of hydrogen-bond donors (Lipinski definition) is 0. The van der Waals surface area contributed by atoms with Crippen LogP contribution in [0.25, 0.3) is 0 Å². The summed E-state index contributed by atoms with van der Waals surface area (Å²) in [6, 6.07) is 0. The monoisotopic (exact) mass is 990 g/mol. The van der Waals surface area contributed by atoms with Gasteiger partial charge in [-0.25, -0.2) is 0 Å². The maximum Gasteiger partial charge on any atom is 0.305 e. The van der Waals surface area contributed by atoms with Gasteiger partial charge in [0.2, 0.25) is 0 Å². The van der Waals surface area contributed by atoms with E-state index in [-0.39, 0.29) is 29.8 Å². The van der Waals surface area contributed by atoms with Gasteiger partial charge in [0, 0.05) is 18.3 Å². The lowest BCUT2D eigenvalue weighted by Crippen LogP contribution is -3.00. The number of unbranched alkanes of at least 4 members (excludes halogenated alkanes) is 34. The molecule has 0 aliphatic rings. The average molecular weight is 991 g/mol. The van der Waals surface area contributed by atoms with Crippen LogP contribution < -0.4 is 12.4 Å². The first-order valence-electron chi connectivity index (χ1n) is 30.2. The Labute approximate surface area is 438 Å². The largest absolute Gasteiger partial charge is 1.00 e. The molecule has 0 aromatic rings. The molecule has 0 rings (SSSR count). The van der Waals surface area contributed by atoms with E-state index in [0.717, 1.165) is 62.4 Å². The molecule has 0 aromatic heterocycles. The van der Waals surface area contributed by atoms with E-state index in [1.165, 1.54) is 225 Å². The second-order valence-corrected chi connectivity index (χ2v) is 22.3. The highest BCUT2D eigenvalue weighted by Gasteiger charge is 2.34. The third kappa shape index (κ3) is 54.0. The molecule has 0 saturated carbocycles. The van der Waals surface area contributed by atoms with E-state index in [1.54, 1.807) is 0 Å². The van der Waals surface area contributed by atoms with Crippen molar-refractivity contribution in [3.8, 4) is 0 Å². The number of carbonyl (C=O) groups is 2. The van der Waals surface area contributed by atoms with Gasteiger partial charge < -0.3 is 26.4 Å². The molecule has 0 fully saturated rings. The molecule has 0 aliphatic heterocycles. The van der Waals surface area contributed by atoms with Crippen LogP contribution in [0.3, 0.4) is 0 Å². The highest BCUT2D eigenvalue weighted by atomic mass is 35.5. The van der Waals surface area contributed by atoms with Gasteiger partial charge in [-0.05, 0) is 109 Å². The van der Waals surface area contributed by atoms with Crippen molar-refractivity contribution in [2.75, 3.05) is 40.9 Å². The van der Waals surface area contributed by atoms with Crippen LogP contribution in [0.2, 0.25) is 0 Å². The first-order chi connectivity index (χ1) is 33.2. The molecule has 0 saturated heterocycles. The zero-order valence-electron chi connectivity index (χ0n) is 47.4. The molecule has 0 aromatic carbocycles. The summed E-state index contributed by atoms with van der Waals surface area (Å²) in [6.07, 6.45) is 68.6. The summed E-state index contributed by atoms with van der Waals surface area (Å²) in [5.41, 5.74) is -0.327. The Bertz CT molecular complexity index is 1100. The third-order valence-corrected chi connectivity index (χ3v) is 14.1. The lowest BCUT2D eigenvalue weighted by atomic mass is 9.79. The van der Waals surface area contributed by atoms with Crippen molar-refractivity contribution in [3.05, 3.63) is 36.5 Å². The van der Waals surface area contributed by atoms with Crippen LogP contribution >= 0.6 is 0 Å². The first-order valence-corrected chi connectivity index (χ1v) is 30.2. The Balaban J connectivity index is 0. The van der Waals surface area contributed by atoms with Crippen LogP contribution in [0.1, 0.15) is 310 Å². The maximum atomic E-state index is 13.2. The van der Waals surface area contributed by atoms with E-state index in [1.807, 2.05) is 0 Å². The molecule has 0 unspecified atom stereocenters. The van der Waals surface area contributed by atoms with E-state index < -0.39 is 0 Å². The Kier molecular flexibility index (Phi) is 54.6. The topological polar surface area (TPSA) is 52.6 Å². The zero-order valence-corrected chi connectivity index (χ0v) is 48.1. The number of hydrogen-bond acceptors (Lipinski definition) is 4. The first kappa shape index (κ1) is 69.5. The van der Waals surface area contributed by atoms with Crippen molar-refractivity contribution in [1.82, 2.24) is 0 Å². The number of rotatable bonds is 54. The second-order valence-electron chi connectivity index (χ2n) is 22.3. The summed E-state index contributed by atoms with van der Waals surface area (Å²) in [6.45, 7) is 8.61.